The third-order valence-electron chi connectivity index (χ3n) is 2.07. The molecule has 8 nitrogen and oxygen atoms in total. The van der Waals surface area contributed by atoms with Crippen LogP contribution in [0.5, 0.6) is 0 Å². The molecule has 0 saturated carbocycles. The van der Waals surface area contributed by atoms with E-state index in [1.54, 1.807) is 0 Å². The van der Waals surface area contributed by atoms with Crippen molar-refractivity contribution in [1.82, 2.24) is 14.9 Å². The van der Waals surface area contributed by atoms with Gasteiger partial charge in [0.2, 0.25) is 5.95 Å². The summed E-state index contributed by atoms with van der Waals surface area (Å²) >= 11 is 5.77. The van der Waals surface area contributed by atoms with Crippen molar-refractivity contribution in [2.75, 3.05) is 11.6 Å². The Balaban J connectivity index is 2.60. The minimum atomic E-state index is -0.560. The van der Waals surface area contributed by atoms with Gasteiger partial charge in [-0.25, -0.2) is 4.68 Å². The summed E-state index contributed by atoms with van der Waals surface area (Å²) < 4.78 is 1.02. The normalized spacial score (nSPS) is 10.4. The second-order valence-electron chi connectivity index (χ2n) is 3.21. The van der Waals surface area contributed by atoms with Crippen LogP contribution in [0.25, 0.3) is 11.4 Å². The highest BCUT2D eigenvalue weighted by Crippen LogP contribution is 2.27. The maximum Gasteiger partial charge on any atom is 0.271 e. The van der Waals surface area contributed by atoms with Crippen molar-refractivity contribution in [2.24, 2.45) is 0 Å². The molecular formula is C8H7ClN6O2. The fourth-order valence-corrected chi connectivity index (χ4v) is 1.54. The molecule has 1 heterocycles. The highest BCUT2D eigenvalue weighted by atomic mass is 35.5. The first-order valence-electron chi connectivity index (χ1n) is 4.40. The predicted molar refractivity (Wildman–Crippen MR) is 61.7 cm³/mol. The zero-order valence-electron chi connectivity index (χ0n) is 8.37. The van der Waals surface area contributed by atoms with Crippen LogP contribution in [0.15, 0.2) is 18.2 Å². The van der Waals surface area contributed by atoms with Crippen LogP contribution in [0.4, 0.5) is 11.6 Å². The van der Waals surface area contributed by atoms with Crippen LogP contribution in [0.3, 0.4) is 0 Å². The Morgan fingerprint density at radius 3 is 2.59 bits per heavy atom. The van der Waals surface area contributed by atoms with Crippen LogP contribution in [0.1, 0.15) is 0 Å². The van der Waals surface area contributed by atoms with E-state index in [4.69, 9.17) is 23.2 Å². The molecule has 0 aliphatic rings. The first kappa shape index (κ1) is 11.1. The summed E-state index contributed by atoms with van der Waals surface area (Å²) in [5.74, 6) is 5.77. The van der Waals surface area contributed by atoms with E-state index in [9.17, 15) is 10.1 Å². The van der Waals surface area contributed by atoms with Crippen molar-refractivity contribution in [1.29, 1.82) is 0 Å². The van der Waals surface area contributed by atoms with Gasteiger partial charge in [0.25, 0.3) is 5.69 Å². The van der Waals surface area contributed by atoms with E-state index in [1.807, 2.05) is 0 Å². The molecule has 2 rings (SSSR count). The van der Waals surface area contributed by atoms with Crippen molar-refractivity contribution in [3.05, 3.63) is 33.3 Å². The largest absolute Gasteiger partial charge is 0.366 e. The lowest BCUT2D eigenvalue weighted by molar-refractivity contribution is -0.384. The molecule has 0 saturated heterocycles. The molecule has 0 amide bonds. The average Bonchev–Trinajstić information content (AvgIpc) is 2.59. The molecule has 4 N–H and O–H groups in total. The maximum absolute atomic E-state index is 10.7. The van der Waals surface area contributed by atoms with Gasteiger partial charge >= 0.3 is 0 Å². The molecule has 1 aromatic heterocycles. The monoisotopic (exact) mass is 254 g/mol. The Morgan fingerprint density at radius 2 is 2.06 bits per heavy atom. The van der Waals surface area contributed by atoms with Crippen molar-refractivity contribution in [3.8, 4) is 11.4 Å². The minimum absolute atomic E-state index is 0.00243. The SMILES string of the molecule is Nc1nnc(-c2cc(Cl)cc([N+](=O)[O-])c2)n1N. The van der Waals surface area contributed by atoms with E-state index in [1.165, 1.54) is 18.2 Å². The number of anilines is 1. The number of nitrogens with zero attached hydrogens (tertiary/aromatic N) is 4. The molecule has 0 bridgehead atoms. The maximum atomic E-state index is 10.7. The number of nitrogen functional groups attached to an aromatic ring is 2. The standard InChI is InChI=1S/C8H7ClN6O2/c9-5-1-4(2-6(3-5)15(16)17)7-12-13-8(10)14(7)11/h1-3H,11H2,(H2,10,13). The summed E-state index contributed by atoms with van der Waals surface area (Å²) in [5.41, 5.74) is 5.62. The number of hydrogen-bond acceptors (Lipinski definition) is 6. The molecule has 2 aromatic rings. The first-order valence-corrected chi connectivity index (χ1v) is 4.78. The van der Waals surface area contributed by atoms with Gasteiger partial charge in [0.1, 0.15) is 0 Å². The molecule has 0 atom stereocenters. The first-order chi connectivity index (χ1) is 7.99. The molecule has 1 aromatic carbocycles. The van der Waals surface area contributed by atoms with Gasteiger partial charge in [0.15, 0.2) is 5.82 Å². The van der Waals surface area contributed by atoms with E-state index in [0.717, 1.165) is 4.68 Å². The zero-order valence-corrected chi connectivity index (χ0v) is 9.13. The molecule has 0 fully saturated rings. The highest BCUT2D eigenvalue weighted by Gasteiger charge is 2.15. The fourth-order valence-electron chi connectivity index (χ4n) is 1.31. The average molecular weight is 255 g/mol. The summed E-state index contributed by atoms with van der Waals surface area (Å²) in [4.78, 5) is 10.1. The van der Waals surface area contributed by atoms with Gasteiger partial charge in [-0.15, -0.1) is 10.2 Å². The van der Waals surface area contributed by atoms with E-state index in [0.29, 0.717) is 5.56 Å². The molecule has 0 aliphatic heterocycles. The lowest BCUT2D eigenvalue weighted by atomic mass is 10.2. The number of hydrogen-bond donors (Lipinski definition) is 2. The Morgan fingerprint density at radius 1 is 1.35 bits per heavy atom. The number of nitro groups is 1. The molecule has 9 heteroatoms. The fraction of sp³-hybridized carbons (Fsp3) is 0. The predicted octanol–water partition coefficient (Wildman–Crippen LogP) is 0.803. The van der Waals surface area contributed by atoms with E-state index in [-0.39, 0.29) is 22.5 Å². The van der Waals surface area contributed by atoms with E-state index in [2.05, 4.69) is 10.2 Å². The molecule has 0 radical (unpaired) electrons. The number of benzene rings is 1. The molecule has 0 unspecified atom stereocenters. The quantitative estimate of drug-likeness (QED) is 0.464. The van der Waals surface area contributed by atoms with Crippen LogP contribution in [0.2, 0.25) is 5.02 Å². The third-order valence-corrected chi connectivity index (χ3v) is 2.29. The highest BCUT2D eigenvalue weighted by molar-refractivity contribution is 6.31. The number of nitrogens with two attached hydrogens (primary N) is 2. The molecule has 17 heavy (non-hydrogen) atoms. The van der Waals surface area contributed by atoms with Gasteiger partial charge in [-0.05, 0) is 6.07 Å². The van der Waals surface area contributed by atoms with Crippen molar-refractivity contribution >= 4 is 23.2 Å². The lowest BCUT2D eigenvalue weighted by Gasteiger charge is -2.02. The van der Waals surface area contributed by atoms with Gasteiger partial charge in [-0.1, -0.05) is 11.6 Å². The van der Waals surface area contributed by atoms with Crippen LogP contribution in [0, 0.1) is 10.1 Å². The lowest BCUT2D eigenvalue weighted by Crippen LogP contribution is -2.13. The molecule has 0 spiro atoms. The Kier molecular flexibility index (Phi) is 2.56. The van der Waals surface area contributed by atoms with Gasteiger partial charge in [0.05, 0.1) is 4.92 Å². The third kappa shape index (κ3) is 1.97. The minimum Gasteiger partial charge on any atom is -0.366 e. The Bertz CT molecular complexity index is 596. The second kappa shape index (κ2) is 3.91. The summed E-state index contributed by atoms with van der Waals surface area (Å²) in [6.45, 7) is 0. The molecule has 88 valence electrons. The number of nitro benzene ring substituents is 1. The second-order valence-corrected chi connectivity index (χ2v) is 3.64. The number of rotatable bonds is 2. The van der Waals surface area contributed by atoms with E-state index >= 15 is 0 Å². The van der Waals surface area contributed by atoms with Gasteiger partial charge in [-0.2, -0.15) is 0 Å². The molecule has 0 aliphatic carbocycles. The smallest absolute Gasteiger partial charge is 0.271 e. The number of halogens is 1. The van der Waals surface area contributed by atoms with E-state index < -0.39 is 4.92 Å². The van der Waals surface area contributed by atoms with Crippen LogP contribution < -0.4 is 11.6 Å². The zero-order chi connectivity index (χ0) is 12.6. The van der Waals surface area contributed by atoms with Crippen LogP contribution in [-0.4, -0.2) is 19.8 Å². The Hall–Kier alpha value is -2.35. The number of non-ortho nitro benzene ring substituents is 1. The van der Waals surface area contributed by atoms with Crippen molar-refractivity contribution < 1.29 is 4.92 Å². The summed E-state index contributed by atoms with van der Waals surface area (Å²) in [5, 5.41) is 18.1. The van der Waals surface area contributed by atoms with Crippen LogP contribution in [-0.2, 0) is 0 Å². The van der Waals surface area contributed by atoms with Gasteiger partial charge in [-0.3, -0.25) is 10.1 Å². The summed E-state index contributed by atoms with van der Waals surface area (Å²) in [6.07, 6.45) is 0. The summed E-state index contributed by atoms with van der Waals surface area (Å²) in [7, 11) is 0. The van der Waals surface area contributed by atoms with Crippen molar-refractivity contribution in [2.45, 2.75) is 0 Å². The summed E-state index contributed by atoms with van der Waals surface area (Å²) in [6, 6.07) is 4.01. The van der Waals surface area contributed by atoms with Crippen molar-refractivity contribution in [3.63, 3.8) is 0 Å². The van der Waals surface area contributed by atoms with Crippen LogP contribution >= 0.6 is 11.6 Å². The Labute approximate surface area is 99.9 Å². The van der Waals surface area contributed by atoms with Gasteiger partial charge in [0, 0.05) is 22.7 Å². The molecular weight excluding hydrogens is 248 g/mol. The van der Waals surface area contributed by atoms with Gasteiger partial charge < -0.3 is 11.6 Å². The number of aromatic nitrogens is 3. The topological polar surface area (TPSA) is 126 Å².